The Labute approximate surface area is 275 Å². The molecule has 248 valence electrons. The first kappa shape index (κ1) is 32.7. The minimum Gasteiger partial charge on any atom is -0.455 e. The fourth-order valence-electron chi connectivity index (χ4n) is 7.57. The maximum Gasteiger partial charge on any atom is 0.313 e. The summed E-state index contributed by atoms with van der Waals surface area (Å²) < 4.78 is 12.8. The van der Waals surface area contributed by atoms with Crippen molar-refractivity contribution in [2.75, 3.05) is 31.6 Å². The second kappa shape index (κ2) is 13.1. The van der Waals surface area contributed by atoms with Gasteiger partial charge >= 0.3 is 5.97 Å². The molecule has 0 aliphatic carbocycles. The van der Waals surface area contributed by atoms with Crippen molar-refractivity contribution < 1.29 is 33.8 Å². The second-order valence-electron chi connectivity index (χ2n) is 13.1. The molecule has 7 atom stereocenters. The van der Waals surface area contributed by atoms with E-state index in [4.69, 9.17) is 9.47 Å². The number of ether oxygens (including phenoxy) is 2. The number of anilines is 1. The van der Waals surface area contributed by atoms with Crippen LogP contribution in [0.1, 0.15) is 49.0 Å². The number of carbonyl (C=O) groups excluding carboxylic acids is 4. The lowest BCUT2D eigenvalue weighted by Crippen LogP contribution is -2.56. The van der Waals surface area contributed by atoms with Crippen LogP contribution >= 0.6 is 0 Å². The number of carbonyl (C=O) groups is 4. The monoisotopic (exact) mass is 641 g/mol. The Kier molecular flexibility index (Phi) is 9.09. The molecule has 4 aliphatic heterocycles. The van der Waals surface area contributed by atoms with Gasteiger partial charge in [-0.2, -0.15) is 0 Å². The molecule has 4 heterocycles. The van der Waals surface area contributed by atoms with Crippen LogP contribution in [-0.2, 0) is 28.7 Å². The topological polar surface area (TPSA) is 117 Å². The summed E-state index contributed by atoms with van der Waals surface area (Å²) in [5, 5.41) is 9.75. The van der Waals surface area contributed by atoms with E-state index in [9.17, 15) is 24.3 Å². The summed E-state index contributed by atoms with van der Waals surface area (Å²) in [6.45, 7) is 5.90. The Hall–Kier alpha value is -4.28. The van der Waals surface area contributed by atoms with Crippen molar-refractivity contribution in [2.45, 2.75) is 69.9 Å². The highest BCUT2D eigenvalue weighted by atomic mass is 16.6. The van der Waals surface area contributed by atoms with Gasteiger partial charge in [0.1, 0.15) is 23.7 Å². The van der Waals surface area contributed by atoms with Crippen LogP contribution in [0.15, 0.2) is 72.8 Å². The molecule has 2 fully saturated rings. The van der Waals surface area contributed by atoms with E-state index in [1.165, 1.54) is 4.90 Å². The van der Waals surface area contributed by atoms with Gasteiger partial charge in [0.05, 0.1) is 18.1 Å². The third-order valence-corrected chi connectivity index (χ3v) is 10.2. The van der Waals surface area contributed by atoms with Gasteiger partial charge in [-0.25, -0.2) is 0 Å². The number of cyclic esters (lactones) is 1. The Morgan fingerprint density at radius 3 is 2.51 bits per heavy atom. The lowest BCUT2D eigenvalue weighted by atomic mass is 9.74. The number of hydrogen-bond acceptors (Lipinski definition) is 7. The van der Waals surface area contributed by atoms with E-state index >= 15 is 0 Å². The fourth-order valence-corrected chi connectivity index (χ4v) is 7.57. The molecule has 3 amide bonds. The standard InChI is InChI=1S/C37H43N3O7/c1-23-15-16-24(2)27(22-23)39-19-10-6-9-14-29(42)38(4)25(3)32(26-12-7-5-8-13-26)46-36(45)30-28-17-18-37(47-28)31(30)34(43)40(20-11-21-41)33(37)35(39)44/h5-8,10,12-13,15-18,22,25,28,30-33,41H,9,11,14,19-21H2,1-4H3/b10-6-/t25-,28+,30-,31-,32+,33+,37-/m0/s1. The van der Waals surface area contributed by atoms with Crippen molar-refractivity contribution in [3.63, 3.8) is 0 Å². The van der Waals surface area contributed by atoms with E-state index in [2.05, 4.69) is 0 Å². The smallest absolute Gasteiger partial charge is 0.313 e. The zero-order valence-electron chi connectivity index (χ0n) is 27.4. The average Bonchev–Trinajstić information content (AvgIpc) is 3.71. The molecule has 6 rings (SSSR count). The van der Waals surface area contributed by atoms with Gasteiger partial charge in [-0.1, -0.05) is 66.8 Å². The number of fused-ring (bicyclic) bond motifs is 2. The second-order valence-corrected chi connectivity index (χ2v) is 13.1. The summed E-state index contributed by atoms with van der Waals surface area (Å²) in [6, 6.07) is 13.6. The zero-order chi connectivity index (χ0) is 33.5. The SMILES string of the molecule is Cc1ccc(C)c(N2C/C=C\CCC(=O)N(C)[C@@H](C)[C@H](c3ccccc3)OC(=O)[C@@H]3[C@H]4C(=O)N(CCCO)[C@H](C2=O)[C@]42C=C[C@H]3O2)c1. The molecule has 10 nitrogen and oxygen atoms in total. The molecule has 2 aromatic carbocycles. The number of hydrogen-bond donors (Lipinski definition) is 1. The molecule has 0 unspecified atom stereocenters. The largest absolute Gasteiger partial charge is 0.455 e. The molecular formula is C37H43N3O7. The number of aryl methyl sites for hydroxylation is 2. The van der Waals surface area contributed by atoms with Crippen molar-refractivity contribution in [1.29, 1.82) is 0 Å². The van der Waals surface area contributed by atoms with E-state index in [0.717, 1.165) is 16.7 Å². The van der Waals surface area contributed by atoms with Crippen molar-refractivity contribution in [3.05, 3.63) is 89.5 Å². The number of esters is 1. The summed E-state index contributed by atoms with van der Waals surface area (Å²) in [6.07, 6.45) is 6.71. The number of aliphatic hydroxyl groups is 1. The van der Waals surface area contributed by atoms with E-state index in [-0.39, 0.29) is 50.3 Å². The maximum absolute atomic E-state index is 14.9. The van der Waals surface area contributed by atoms with Crippen molar-refractivity contribution >= 4 is 29.4 Å². The normalized spacial score (nSPS) is 31.8. The van der Waals surface area contributed by atoms with Gasteiger partial charge in [0.2, 0.25) is 11.8 Å². The van der Waals surface area contributed by atoms with Crippen LogP contribution in [-0.4, -0.2) is 89.1 Å². The highest BCUT2D eigenvalue weighted by Crippen LogP contribution is 2.56. The van der Waals surface area contributed by atoms with Gasteiger partial charge in [0, 0.05) is 38.9 Å². The van der Waals surface area contributed by atoms with Gasteiger partial charge in [-0.05, 0) is 56.4 Å². The van der Waals surface area contributed by atoms with Crippen LogP contribution in [0.4, 0.5) is 5.69 Å². The number of amides is 3. The van der Waals surface area contributed by atoms with Crippen LogP contribution in [0.5, 0.6) is 0 Å². The van der Waals surface area contributed by atoms with Crippen LogP contribution in [0.2, 0.25) is 0 Å². The van der Waals surface area contributed by atoms with Crippen LogP contribution in [0.3, 0.4) is 0 Å². The first-order valence-corrected chi connectivity index (χ1v) is 16.4. The Balaban J connectivity index is 1.47. The molecule has 0 aromatic heterocycles. The molecular weight excluding hydrogens is 598 g/mol. The predicted molar refractivity (Wildman–Crippen MR) is 175 cm³/mol. The Morgan fingerprint density at radius 1 is 1.00 bits per heavy atom. The number of rotatable bonds is 5. The predicted octanol–water partition coefficient (Wildman–Crippen LogP) is 3.65. The summed E-state index contributed by atoms with van der Waals surface area (Å²) in [7, 11) is 1.71. The van der Waals surface area contributed by atoms with Crippen LogP contribution < -0.4 is 4.90 Å². The lowest BCUT2D eigenvalue weighted by molar-refractivity contribution is -0.164. The van der Waals surface area contributed by atoms with E-state index < -0.39 is 47.7 Å². The molecule has 0 radical (unpaired) electrons. The highest BCUT2D eigenvalue weighted by Gasteiger charge is 2.73. The third-order valence-electron chi connectivity index (χ3n) is 10.2. The molecule has 5 bridgehead atoms. The summed E-state index contributed by atoms with van der Waals surface area (Å²) in [5.74, 6) is -3.42. The summed E-state index contributed by atoms with van der Waals surface area (Å²) in [4.78, 5) is 61.7. The van der Waals surface area contributed by atoms with Crippen molar-refractivity contribution in [3.8, 4) is 0 Å². The average molecular weight is 642 g/mol. The molecule has 2 aromatic rings. The van der Waals surface area contributed by atoms with Crippen LogP contribution in [0.25, 0.3) is 0 Å². The van der Waals surface area contributed by atoms with Gasteiger partial charge in [-0.15, -0.1) is 0 Å². The molecule has 2 saturated heterocycles. The summed E-state index contributed by atoms with van der Waals surface area (Å²) in [5.41, 5.74) is 1.90. The van der Waals surface area contributed by atoms with E-state index in [0.29, 0.717) is 12.1 Å². The van der Waals surface area contributed by atoms with Crippen LogP contribution in [0, 0.1) is 25.7 Å². The third kappa shape index (κ3) is 5.67. The maximum atomic E-state index is 14.9. The van der Waals surface area contributed by atoms with Gasteiger partial charge in [0.25, 0.3) is 5.91 Å². The molecule has 4 aliphatic rings. The molecule has 47 heavy (non-hydrogen) atoms. The minimum absolute atomic E-state index is 0.107. The van der Waals surface area contributed by atoms with Gasteiger partial charge in [-0.3, -0.25) is 19.2 Å². The first-order valence-electron chi connectivity index (χ1n) is 16.4. The quantitative estimate of drug-likeness (QED) is 0.392. The fraction of sp³-hybridized carbons (Fsp3) is 0.459. The van der Waals surface area contributed by atoms with Crippen molar-refractivity contribution in [1.82, 2.24) is 9.80 Å². The number of aliphatic hydroxyl groups excluding tert-OH is 1. The highest BCUT2D eigenvalue weighted by molar-refractivity contribution is 6.05. The Morgan fingerprint density at radius 2 is 1.77 bits per heavy atom. The molecule has 10 heteroatoms. The van der Waals surface area contributed by atoms with Gasteiger partial charge < -0.3 is 29.3 Å². The van der Waals surface area contributed by atoms with E-state index in [1.807, 2.05) is 81.5 Å². The molecule has 0 saturated carbocycles. The first-order chi connectivity index (χ1) is 22.6. The number of allylic oxidation sites excluding steroid dienone is 1. The number of benzene rings is 2. The van der Waals surface area contributed by atoms with Crippen molar-refractivity contribution in [2.24, 2.45) is 11.8 Å². The Bertz CT molecular complexity index is 1610. The summed E-state index contributed by atoms with van der Waals surface area (Å²) >= 11 is 0. The number of likely N-dealkylation sites (tertiary alicyclic amines) is 1. The number of likely N-dealkylation sites (N-methyl/N-ethyl adjacent to an activating group) is 1. The minimum atomic E-state index is -1.38. The molecule has 1 N–H and O–H groups in total. The lowest BCUT2D eigenvalue weighted by Gasteiger charge is -2.36. The zero-order valence-corrected chi connectivity index (χ0v) is 27.4. The van der Waals surface area contributed by atoms with E-state index in [1.54, 1.807) is 29.0 Å². The number of nitrogens with zero attached hydrogens (tertiary/aromatic N) is 3. The molecule has 1 spiro atoms. The van der Waals surface area contributed by atoms with Gasteiger partial charge in [0.15, 0.2) is 0 Å².